The van der Waals surface area contributed by atoms with Crippen molar-refractivity contribution in [3.05, 3.63) is 23.8 Å². The molecule has 1 amide bonds. The van der Waals surface area contributed by atoms with E-state index in [1.54, 1.807) is 7.11 Å². The van der Waals surface area contributed by atoms with Gasteiger partial charge in [-0.25, -0.2) is 9.97 Å². The van der Waals surface area contributed by atoms with E-state index in [1.807, 2.05) is 17.3 Å². The highest BCUT2D eigenvalue weighted by atomic mass is 16.5. The van der Waals surface area contributed by atoms with Crippen molar-refractivity contribution in [3.63, 3.8) is 0 Å². The summed E-state index contributed by atoms with van der Waals surface area (Å²) >= 11 is 0. The summed E-state index contributed by atoms with van der Waals surface area (Å²) in [5.74, 6) is 1.02. The van der Waals surface area contributed by atoms with Crippen molar-refractivity contribution in [2.24, 2.45) is 0 Å². The van der Waals surface area contributed by atoms with Crippen LogP contribution in [0.5, 0.6) is 0 Å². The molecule has 1 aromatic heterocycles. The minimum Gasteiger partial charge on any atom is -0.377 e. The van der Waals surface area contributed by atoms with Crippen LogP contribution in [0.4, 0.5) is 0 Å². The first-order valence-corrected chi connectivity index (χ1v) is 9.26. The van der Waals surface area contributed by atoms with Crippen LogP contribution in [-0.2, 0) is 22.7 Å². The second-order valence-electron chi connectivity index (χ2n) is 6.93. The Morgan fingerprint density at radius 2 is 1.64 bits per heavy atom. The van der Waals surface area contributed by atoms with Gasteiger partial charge in [0.05, 0.1) is 6.54 Å². The highest BCUT2D eigenvalue weighted by Gasteiger charge is 2.22. The molecule has 138 valence electrons. The summed E-state index contributed by atoms with van der Waals surface area (Å²) in [6, 6.07) is 0. The molecule has 2 saturated heterocycles. The Labute approximate surface area is 150 Å². The summed E-state index contributed by atoms with van der Waals surface area (Å²) in [4.78, 5) is 27.7. The minimum absolute atomic E-state index is 0.301. The van der Waals surface area contributed by atoms with Crippen molar-refractivity contribution in [1.29, 1.82) is 0 Å². The average molecular weight is 347 g/mol. The van der Waals surface area contributed by atoms with Crippen molar-refractivity contribution in [2.45, 2.75) is 32.4 Å². The number of nitrogens with zero attached hydrogens (tertiary/aromatic N) is 5. The number of piperidine rings is 1. The zero-order chi connectivity index (χ0) is 17.5. The van der Waals surface area contributed by atoms with Crippen LogP contribution in [0, 0.1) is 0 Å². The Balaban J connectivity index is 1.40. The quantitative estimate of drug-likeness (QED) is 0.757. The molecule has 0 aromatic carbocycles. The summed E-state index contributed by atoms with van der Waals surface area (Å²) in [6.45, 7) is 7.62. The number of methoxy groups -OCH3 is 1. The fourth-order valence-corrected chi connectivity index (χ4v) is 3.47. The number of hydrogen-bond donors (Lipinski definition) is 0. The molecule has 0 bridgehead atoms. The first kappa shape index (κ1) is 18.2. The average Bonchev–Trinajstić information content (AvgIpc) is 2.66. The zero-order valence-electron chi connectivity index (χ0n) is 15.2. The maximum atomic E-state index is 12.4. The molecule has 2 fully saturated rings. The van der Waals surface area contributed by atoms with Gasteiger partial charge in [0.2, 0.25) is 5.91 Å². The van der Waals surface area contributed by atoms with Crippen LogP contribution in [-0.4, -0.2) is 83.5 Å². The molecule has 0 saturated carbocycles. The van der Waals surface area contributed by atoms with E-state index in [-0.39, 0.29) is 0 Å². The number of carbonyl (C=O) groups excluding carboxylic acids is 1. The van der Waals surface area contributed by atoms with Crippen LogP contribution in [0.1, 0.15) is 30.7 Å². The predicted molar refractivity (Wildman–Crippen MR) is 94.9 cm³/mol. The fraction of sp³-hybridized carbons (Fsp3) is 0.722. The minimum atomic E-state index is 0.301. The first-order valence-electron chi connectivity index (χ1n) is 9.26. The molecule has 3 heterocycles. The summed E-state index contributed by atoms with van der Waals surface area (Å²) in [5.41, 5.74) is 1.12. The van der Waals surface area contributed by atoms with Gasteiger partial charge in [0.25, 0.3) is 0 Å². The molecule has 0 radical (unpaired) electrons. The summed E-state index contributed by atoms with van der Waals surface area (Å²) < 4.78 is 5.03. The molecule has 7 heteroatoms. The molecule has 1 aromatic rings. The van der Waals surface area contributed by atoms with Crippen molar-refractivity contribution in [2.75, 3.05) is 52.9 Å². The van der Waals surface area contributed by atoms with Gasteiger partial charge in [0.1, 0.15) is 6.61 Å². The molecule has 2 aliphatic rings. The van der Waals surface area contributed by atoms with Gasteiger partial charge in [-0.2, -0.15) is 0 Å². The van der Waals surface area contributed by atoms with E-state index >= 15 is 0 Å². The van der Waals surface area contributed by atoms with Crippen LogP contribution in [0.15, 0.2) is 12.4 Å². The van der Waals surface area contributed by atoms with Crippen LogP contribution in [0.25, 0.3) is 0 Å². The maximum absolute atomic E-state index is 12.4. The van der Waals surface area contributed by atoms with Crippen LogP contribution in [0.2, 0.25) is 0 Å². The normalized spacial score (nSPS) is 20.0. The lowest BCUT2D eigenvalue weighted by Crippen LogP contribution is -2.50. The number of rotatable bonds is 6. The van der Waals surface area contributed by atoms with Gasteiger partial charge in [-0.15, -0.1) is 0 Å². The van der Waals surface area contributed by atoms with Gasteiger partial charge in [-0.05, 0) is 19.3 Å². The lowest BCUT2D eigenvalue weighted by Gasteiger charge is -2.36. The van der Waals surface area contributed by atoms with Gasteiger partial charge in [0.15, 0.2) is 5.82 Å². The van der Waals surface area contributed by atoms with Gasteiger partial charge in [0, 0.05) is 70.9 Å². The lowest BCUT2D eigenvalue weighted by molar-refractivity contribution is -0.133. The molecule has 25 heavy (non-hydrogen) atoms. The zero-order valence-corrected chi connectivity index (χ0v) is 15.2. The Morgan fingerprint density at radius 1 is 1.00 bits per heavy atom. The Hall–Kier alpha value is -1.57. The van der Waals surface area contributed by atoms with E-state index in [1.165, 1.54) is 6.42 Å². The number of aromatic nitrogens is 2. The van der Waals surface area contributed by atoms with Crippen molar-refractivity contribution >= 4 is 5.91 Å². The number of carbonyl (C=O) groups is 1. The van der Waals surface area contributed by atoms with E-state index in [0.717, 1.165) is 64.2 Å². The van der Waals surface area contributed by atoms with Gasteiger partial charge < -0.3 is 9.64 Å². The Kier molecular flexibility index (Phi) is 6.72. The molecule has 0 unspecified atom stereocenters. The number of piperazine rings is 1. The molecule has 0 aliphatic carbocycles. The topological polar surface area (TPSA) is 61.8 Å². The summed E-state index contributed by atoms with van der Waals surface area (Å²) in [7, 11) is 1.65. The van der Waals surface area contributed by atoms with E-state index < -0.39 is 0 Å². The van der Waals surface area contributed by atoms with Crippen molar-refractivity contribution in [1.82, 2.24) is 24.7 Å². The Bertz CT molecular complexity index is 537. The molecule has 0 atom stereocenters. The predicted octanol–water partition coefficient (Wildman–Crippen LogP) is 0.753. The molecule has 2 aliphatic heterocycles. The smallest absolute Gasteiger partial charge is 0.236 e. The van der Waals surface area contributed by atoms with Gasteiger partial charge in [-0.3, -0.25) is 14.6 Å². The molecule has 0 N–H and O–H groups in total. The first-order chi connectivity index (χ1) is 12.2. The fourth-order valence-electron chi connectivity index (χ4n) is 3.47. The van der Waals surface area contributed by atoms with Gasteiger partial charge >= 0.3 is 0 Å². The van der Waals surface area contributed by atoms with E-state index in [9.17, 15) is 4.79 Å². The van der Waals surface area contributed by atoms with Crippen LogP contribution in [0.3, 0.4) is 0 Å². The highest BCUT2D eigenvalue weighted by molar-refractivity contribution is 5.78. The highest BCUT2D eigenvalue weighted by Crippen LogP contribution is 2.11. The third kappa shape index (κ3) is 5.45. The number of ether oxygens (including phenoxy) is 1. The van der Waals surface area contributed by atoms with E-state index in [2.05, 4.69) is 19.8 Å². The van der Waals surface area contributed by atoms with E-state index in [4.69, 9.17) is 4.74 Å². The molecular formula is C18H29N5O2. The second kappa shape index (κ2) is 9.22. The second-order valence-corrected chi connectivity index (χ2v) is 6.93. The monoisotopic (exact) mass is 347 g/mol. The van der Waals surface area contributed by atoms with Crippen molar-refractivity contribution in [3.8, 4) is 0 Å². The third-order valence-corrected chi connectivity index (χ3v) is 4.97. The number of amides is 1. The molecular weight excluding hydrogens is 318 g/mol. The summed E-state index contributed by atoms with van der Waals surface area (Å²) in [5, 5.41) is 0. The van der Waals surface area contributed by atoms with Crippen LogP contribution < -0.4 is 0 Å². The SMILES string of the molecule is COCc1ncc(CN2CCN(CC(=O)N3CCCCC3)CC2)cn1. The van der Waals surface area contributed by atoms with Crippen molar-refractivity contribution < 1.29 is 9.53 Å². The van der Waals surface area contributed by atoms with Gasteiger partial charge in [-0.1, -0.05) is 0 Å². The maximum Gasteiger partial charge on any atom is 0.236 e. The molecule has 7 nitrogen and oxygen atoms in total. The third-order valence-electron chi connectivity index (χ3n) is 4.97. The molecule has 0 spiro atoms. The standard InChI is InChI=1S/C18H29N5O2/c1-25-15-17-19-11-16(12-20-17)13-21-7-9-22(10-8-21)14-18(24)23-5-3-2-4-6-23/h11-12H,2-10,13-15H2,1H3. The molecule has 3 rings (SSSR count). The van der Waals surface area contributed by atoms with E-state index in [0.29, 0.717) is 24.9 Å². The summed E-state index contributed by atoms with van der Waals surface area (Å²) in [6.07, 6.45) is 7.34. The van der Waals surface area contributed by atoms with Crippen LogP contribution >= 0.6 is 0 Å². The Morgan fingerprint density at radius 3 is 2.28 bits per heavy atom. The lowest BCUT2D eigenvalue weighted by atomic mass is 10.1. The number of hydrogen-bond acceptors (Lipinski definition) is 6. The largest absolute Gasteiger partial charge is 0.377 e. The number of likely N-dealkylation sites (tertiary alicyclic amines) is 1.